The number of esters is 1. The van der Waals surface area contributed by atoms with E-state index in [2.05, 4.69) is 10.2 Å². The maximum atomic E-state index is 13.6. The molecule has 0 saturated carbocycles. The molecule has 2 atom stereocenters. The highest BCUT2D eigenvalue weighted by Gasteiger charge is 2.30. The maximum absolute atomic E-state index is 13.6. The zero-order valence-electron chi connectivity index (χ0n) is 26.4. The molecule has 0 radical (unpaired) electrons. The van der Waals surface area contributed by atoms with Crippen molar-refractivity contribution in [1.29, 1.82) is 0 Å². The van der Waals surface area contributed by atoms with E-state index in [-0.39, 0.29) is 18.1 Å². The molecule has 1 aliphatic heterocycles. The molecule has 2 aromatic rings. The summed E-state index contributed by atoms with van der Waals surface area (Å²) in [7, 11) is 0. The molecule has 1 aliphatic rings. The molecule has 1 heterocycles. The van der Waals surface area contributed by atoms with Gasteiger partial charge in [-0.15, -0.1) is 0 Å². The Morgan fingerprint density at radius 3 is 2.40 bits per heavy atom. The van der Waals surface area contributed by atoms with Gasteiger partial charge in [0.25, 0.3) is 0 Å². The van der Waals surface area contributed by atoms with E-state index in [1.165, 1.54) is 0 Å². The van der Waals surface area contributed by atoms with Crippen LogP contribution in [0.3, 0.4) is 0 Å². The van der Waals surface area contributed by atoms with Gasteiger partial charge in [0, 0.05) is 31.8 Å². The summed E-state index contributed by atoms with van der Waals surface area (Å²) in [6.45, 7) is 11.6. The van der Waals surface area contributed by atoms with E-state index in [1.54, 1.807) is 0 Å². The van der Waals surface area contributed by atoms with Crippen LogP contribution in [-0.4, -0.2) is 67.1 Å². The summed E-state index contributed by atoms with van der Waals surface area (Å²) in [5.41, 5.74) is 1.45. The Kier molecular flexibility index (Phi) is 14.2. The molecule has 8 heteroatoms. The number of carbonyl (C=O) groups excluding carboxylic acids is 3. The van der Waals surface area contributed by atoms with Gasteiger partial charge in [-0.25, -0.2) is 4.79 Å². The largest absolute Gasteiger partial charge is 0.489 e. The Hall–Kier alpha value is -3.23. The van der Waals surface area contributed by atoms with Crippen molar-refractivity contribution >= 4 is 17.7 Å². The summed E-state index contributed by atoms with van der Waals surface area (Å²) in [4.78, 5) is 42.0. The Balaban J connectivity index is 1.60. The third kappa shape index (κ3) is 13.3. The van der Waals surface area contributed by atoms with Crippen LogP contribution >= 0.6 is 0 Å². The number of ketones is 1. The third-order valence-corrected chi connectivity index (χ3v) is 7.44. The first-order chi connectivity index (χ1) is 20.6. The number of unbranched alkanes of at least 4 members (excludes halogenated alkanes) is 1. The fraction of sp³-hybridized carbons (Fsp3) is 0.571. The lowest BCUT2D eigenvalue weighted by Crippen LogP contribution is -2.47. The Morgan fingerprint density at radius 2 is 1.70 bits per heavy atom. The summed E-state index contributed by atoms with van der Waals surface area (Å²) in [5.74, 6) is -0.425. The van der Waals surface area contributed by atoms with E-state index in [0.29, 0.717) is 52.0 Å². The SMILES string of the molecule is CCCC[C@H](NC(=O)[C@H](CCN1CCOCC1)CC(=O)CCc1cccc(OCc2ccccc2)c1)C(=O)OC(C)(C)C. The second-order valence-corrected chi connectivity index (χ2v) is 12.3. The number of nitrogens with zero attached hydrogens (tertiary/aromatic N) is 1. The average molecular weight is 595 g/mol. The molecule has 0 bridgehead atoms. The van der Waals surface area contributed by atoms with Gasteiger partial charge in [0.05, 0.1) is 13.2 Å². The van der Waals surface area contributed by atoms with Gasteiger partial charge in [-0.05, 0) is 69.8 Å². The molecule has 0 unspecified atom stereocenters. The molecule has 1 fully saturated rings. The Morgan fingerprint density at radius 1 is 0.977 bits per heavy atom. The lowest BCUT2D eigenvalue weighted by atomic mass is 9.94. The van der Waals surface area contributed by atoms with Crippen LogP contribution in [0.2, 0.25) is 0 Å². The second-order valence-electron chi connectivity index (χ2n) is 12.3. The number of hydrogen-bond acceptors (Lipinski definition) is 7. The smallest absolute Gasteiger partial charge is 0.329 e. The van der Waals surface area contributed by atoms with Gasteiger partial charge >= 0.3 is 5.97 Å². The zero-order valence-corrected chi connectivity index (χ0v) is 26.4. The maximum Gasteiger partial charge on any atom is 0.329 e. The van der Waals surface area contributed by atoms with Crippen molar-refractivity contribution in [1.82, 2.24) is 10.2 Å². The van der Waals surface area contributed by atoms with Crippen molar-refractivity contribution in [2.24, 2.45) is 5.92 Å². The van der Waals surface area contributed by atoms with Gasteiger partial charge in [-0.2, -0.15) is 0 Å². The molecule has 1 amide bonds. The highest BCUT2D eigenvalue weighted by molar-refractivity contribution is 5.89. The van der Waals surface area contributed by atoms with Crippen molar-refractivity contribution in [3.05, 3.63) is 65.7 Å². The number of amides is 1. The second kappa shape index (κ2) is 17.8. The molecule has 236 valence electrons. The van der Waals surface area contributed by atoms with Crippen molar-refractivity contribution in [3.63, 3.8) is 0 Å². The number of aryl methyl sites for hydroxylation is 1. The van der Waals surface area contributed by atoms with E-state index in [4.69, 9.17) is 14.2 Å². The highest BCUT2D eigenvalue weighted by atomic mass is 16.6. The molecule has 8 nitrogen and oxygen atoms in total. The number of Topliss-reactive ketones (excluding diaryl/α,β-unsaturated/α-hetero) is 1. The minimum absolute atomic E-state index is 0.0279. The van der Waals surface area contributed by atoms with Crippen molar-refractivity contribution in [2.45, 2.75) is 90.9 Å². The quantitative estimate of drug-likeness (QED) is 0.241. The first-order valence-electron chi connectivity index (χ1n) is 15.7. The van der Waals surface area contributed by atoms with Crippen LogP contribution in [-0.2, 0) is 36.9 Å². The molecule has 3 rings (SSSR count). The third-order valence-electron chi connectivity index (χ3n) is 7.44. The van der Waals surface area contributed by atoms with E-state index >= 15 is 0 Å². The van der Waals surface area contributed by atoms with Crippen molar-refractivity contribution < 1.29 is 28.6 Å². The minimum atomic E-state index is -0.730. The van der Waals surface area contributed by atoms with Crippen LogP contribution in [0.25, 0.3) is 0 Å². The lowest BCUT2D eigenvalue weighted by molar-refractivity contribution is -0.159. The number of ether oxygens (including phenoxy) is 3. The van der Waals surface area contributed by atoms with Gasteiger partial charge < -0.3 is 19.5 Å². The minimum Gasteiger partial charge on any atom is -0.489 e. The summed E-state index contributed by atoms with van der Waals surface area (Å²) in [5, 5.41) is 2.95. The van der Waals surface area contributed by atoms with Gasteiger partial charge in [0.2, 0.25) is 5.91 Å². The van der Waals surface area contributed by atoms with E-state index in [9.17, 15) is 14.4 Å². The number of benzene rings is 2. The van der Waals surface area contributed by atoms with Crippen LogP contribution in [0.5, 0.6) is 5.75 Å². The Labute approximate surface area is 257 Å². The van der Waals surface area contributed by atoms with Gasteiger partial charge in [0.1, 0.15) is 29.8 Å². The monoisotopic (exact) mass is 594 g/mol. The zero-order chi connectivity index (χ0) is 31.1. The summed E-state index contributed by atoms with van der Waals surface area (Å²) < 4.78 is 17.0. The molecule has 2 aromatic carbocycles. The van der Waals surface area contributed by atoms with Gasteiger partial charge in [0.15, 0.2) is 0 Å². The standard InChI is InChI=1S/C35H50N2O6/c1-5-6-15-32(34(40)43-35(2,3)4)36-33(39)29(18-19-37-20-22-41-23-21-37)25-30(38)17-16-27-13-10-14-31(24-27)42-26-28-11-8-7-9-12-28/h7-14,24,29,32H,5-6,15-23,25-26H2,1-4H3,(H,36,39)/t29-,32+/m1/s1. The van der Waals surface area contributed by atoms with Crippen molar-refractivity contribution in [3.8, 4) is 5.75 Å². The van der Waals surface area contributed by atoms with Crippen LogP contribution in [0.4, 0.5) is 0 Å². The molecule has 1 N–H and O–H groups in total. The molecular weight excluding hydrogens is 544 g/mol. The summed E-state index contributed by atoms with van der Waals surface area (Å²) in [6.07, 6.45) is 3.75. The molecule has 0 aliphatic carbocycles. The number of carbonyl (C=O) groups is 3. The van der Waals surface area contributed by atoms with E-state index in [1.807, 2.05) is 82.3 Å². The van der Waals surface area contributed by atoms with Crippen LogP contribution in [0.1, 0.15) is 77.3 Å². The molecule has 0 aromatic heterocycles. The number of rotatable bonds is 17. The van der Waals surface area contributed by atoms with Gasteiger partial charge in [-0.1, -0.05) is 62.2 Å². The molecular formula is C35H50N2O6. The summed E-state index contributed by atoms with van der Waals surface area (Å²) in [6, 6.07) is 17.1. The average Bonchev–Trinajstić information content (AvgIpc) is 2.99. The van der Waals surface area contributed by atoms with E-state index < -0.39 is 23.5 Å². The van der Waals surface area contributed by atoms with Gasteiger partial charge in [-0.3, -0.25) is 14.5 Å². The van der Waals surface area contributed by atoms with Crippen molar-refractivity contribution in [2.75, 3.05) is 32.8 Å². The molecule has 1 saturated heterocycles. The first kappa shape index (κ1) is 34.3. The Bertz CT molecular complexity index is 1140. The molecule has 43 heavy (non-hydrogen) atoms. The number of hydrogen-bond donors (Lipinski definition) is 1. The fourth-order valence-electron chi connectivity index (χ4n) is 5.00. The topological polar surface area (TPSA) is 94.2 Å². The normalized spacial score (nSPS) is 15.3. The summed E-state index contributed by atoms with van der Waals surface area (Å²) >= 11 is 0. The number of nitrogens with one attached hydrogen (secondary N) is 1. The van der Waals surface area contributed by atoms with Crippen LogP contribution in [0, 0.1) is 5.92 Å². The van der Waals surface area contributed by atoms with Crippen LogP contribution in [0.15, 0.2) is 54.6 Å². The lowest BCUT2D eigenvalue weighted by Gasteiger charge is -2.29. The fourth-order valence-corrected chi connectivity index (χ4v) is 5.00. The van der Waals surface area contributed by atoms with Crippen LogP contribution < -0.4 is 10.1 Å². The molecule has 0 spiro atoms. The highest BCUT2D eigenvalue weighted by Crippen LogP contribution is 2.20. The predicted molar refractivity (Wildman–Crippen MR) is 168 cm³/mol. The first-order valence-corrected chi connectivity index (χ1v) is 15.7. The van der Waals surface area contributed by atoms with E-state index in [0.717, 1.165) is 42.8 Å². The number of morpholine rings is 1. The predicted octanol–water partition coefficient (Wildman–Crippen LogP) is 5.51.